The van der Waals surface area contributed by atoms with Crippen LogP contribution in [0, 0.1) is 5.92 Å². The number of benzene rings is 1. The Morgan fingerprint density at radius 2 is 1.88 bits per heavy atom. The van der Waals surface area contributed by atoms with Crippen LogP contribution in [0.3, 0.4) is 0 Å². The molecule has 2 heteroatoms. The standard InChI is InChI=1S/C14H20OSi/c1-16(2,3)14(15)10-12-9-13(12)11-7-5-4-6-8-11/h4-8,12-13H,9-10H2,1-3H3/t12-,13-/m0/s1. The van der Waals surface area contributed by atoms with E-state index in [0.29, 0.717) is 17.2 Å². The van der Waals surface area contributed by atoms with Crippen molar-refractivity contribution in [3.63, 3.8) is 0 Å². The Kier molecular flexibility index (Phi) is 3.02. The van der Waals surface area contributed by atoms with Crippen LogP contribution in [-0.4, -0.2) is 13.5 Å². The van der Waals surface area contributed by atoms with Crippen LogP contribution in [0.4, 0.5) is 0 Å². The van der Waals surface area contributed by atoms with Crippen molar-refractivity contribution in [2.24, 2.45) is 5.92 Å². The molecule has 0 unspecified atom stereocenters. The zero-order valence-corrected chi connectivity index (χ0v) is 11.4. The van der Waals surface area contributed by atoms with E-state index >= 15 is 0 Å². The highest BCUT2D eigenvalue weighted by Crippen LogP contribution is 2.49. The van der Waals surface area contributed by atoms with Crippen molar-refractivity contribution >= 4 is 13.5 Å². The second-order valence-electron chi connectivity index (χ2n) is 5.89. The van der Waals surface area contributed by atoms with Gasteiger partial charge in [-0.25, -0.2) is 0 Å². The summed E-state index contributed by atoms with van der Waals surface area (Å²) in [4.78, 5) is 12.0. The van der Waals surface area contributed by atoms with E-state index in [1.54, 1.807) is 0 Å². The minimum Gasteiger partial charge on any atom is -0.305 e. The van der Waals surface area contributed by atoms with Crippen LogP contribution in [-0.2, 0) is 4.79 Å². The lowest BCUT2D eigenvalue weighted by molar-refractivity contribution is -0.113. The molecule has 0 N–H and O–H groups in total. The number of hydrogen-bond donors (Lipinski definition) is 0. The topological polar surface area (TPSA) is 17.1 Å². The zero-order chi connectivity index (χ0) is 11.8. The molecule has 0 bridgehead atoms. The maximum Gasteiger partial charge on any atom is 0.123 e. The van der Waals surface area contributed by atoms with Gasteiger partial charge in [-0.15, -0.1) is 0 Å². The van der Waals surface area contributed by atoms with Crippen molar-refractivity contribution in [1.29, 1.82) is 0 Å². The van der Waals surface area contributed by atoms with Crippen LogP contribution < -0.4 is 0 Å². The molecule has 86 valence electrons. The molecule has 0 amide bonds. The summed E-state index contributed by atoms with van der Waals surface area (Å²) >= 11 is 0. The Morgan fingerprint density at radius 1 is 1.25 bits per heavy atom. The van der Waals surface area contributed by atoms with E-state index in [0.717, 1.165) is 6.42 Å². The summed E-state index contributed by atoms with van der Waals surface area (Å²) in [6, 6.07) is 10.6. The molecule has 2 rings (SSSR count). The first-order valence-electron chi connectivity index (χ1n) is 6.07. The molecule has 1 aliphatic carbocycles. The predicted octanol–water partition coefficient (Wildman–Crippen LogP) is 3.63. The summed E-state index contributed by atoms with van der Waals surface area (Å²) in [5.74, 6) is 1.28. The van der Waals surface area contributed by atoms with E-state index < -0.39 is 8.07 Å². The molecule has 16 heavy (non-hydrogen) atoms. The SMILES string of the molecule is C[Si](C)(C)C(=O)C[C@@H]1C[C@H]1c1ccccc1. The second kappa shape index (κ2) is 4.17. The fourth-order valence-corrected chi connectivity index (χ4v) is 3.00. The van der Waals surface area contributed by atoms with E-state index in [-0.39, 0.29) is 0 Å². The van der Waals surface area contributed by atoms with E-state index in [9.17, 15) is 4.79 Å². The van der Waals surface area contributed by atoms with Crippen molar-refractivity contribution in [1.82, 2.24) is 0 Å². The first-order chi connectivity index (χ1) is 7.48. The van der Waals surface area contributed by atoms with Gasteiger partial charge < -0.3 is 4.79 Å². The highest BCUT2D eigenvalue weighted by molar-refractivity contribution is 7.03. The first-order valence-corrected chi connectivity index (χ1v) is 9.57. The van der Waals surface area contributed by atoms with Crippen LogP contribution in [0.15, 0.2) is 30.3 Å². The number of rotatable bonds is 4. The first kappa shape index (κ1) is 11.6. The molecule has 1 saturated carbocycles. The van der Waals surface area contributed by atoms with Gasteiger partial charge in [-0.05, 0) is 23.8 Å². The fraction of sp³-hybridized carbons (Fsp3) is 0.500. The third-order valence-electron chi connectivity index (χ3n) is 3.43. The van der Waals surface area contributed by atoms with Gasteiger partial charge in [0.05, 0.1) is 0 Å². The van der Waals surface area contributed by atoms with Gasteiger partial charge in [-0.2, -0.15) is 0 Å². The summed E-state index contributed by atoms with van der Waals surface area (Å²) in [5, 5.41) is 0.538. The van der Waals surface area contributed by atoms with Gasteiger partial charge >= 0.3 is 0 Å². The van der Waals surface area contributed by atoms with Crippen LogP contribution in [0.25, 0.3) is 0 Å². The largest absolute Gasteiger partial charge is 0.305 e. The van der Waals surface area contributed by atoms with Crippen LogP contribution in [0.1, 0.15) is 24.3 Å². The Balaban J connectivity index is 1.91. The van der Waals surface area contributed by atoms with Crippen LogP contribution in [0.2, 0.25) is 19.6 Å². The summed E-state index contributed by atoms with van der Waals surface area (Å²) < 4.78 is 0. The molecule has 1 aromatic carbocycles. The molecule has 0 aliphatic heterocycles. The molecule has 0 heterocycles. The zero-order valence-electron chi connectivity index (χ0n) is 10.4. The normalized spacial score (nSPS) is 24.2. The van der Waals surface area contributed by atoms with Gasteiger partial charge in [-0.1, -0.05) is 50.0 Å². The van der Waals surface area contributed by atoms with Crippen molar-refractivity contribution in [3.05, 3.63) is 35.9 Å². The predicted molar refractivity (Wildman–Crippen MR) is 70.3 cm³/mol. The molecule has 1 nitrogen and oxygen atoms in total. The molecule has 2 atom stereocenters. The van der Waals surface area contributed by atoms with Gasteiger partial charge in [0.25, 0.3) is 0 Å². The number of carbonyl (C=O) groups excluding carboxylic acids is 1. The van der Waals surface area contributed by atoms with Gasteiger partial charge in [0.1, 0.15) is 13.5 Å². The highest BCUT2D eigenvalue weighted by Gasteiger charge is 2.41. The minimum absolute atomic E-state index is 0.538. The molecular formula is C14H20OSi. The monoisotopic (exact) mass is 232 g/mol. The minimum atomic E-state index is -1.55. The van der Waals surface area contributed by atoms with Gasteiger partial charge in [-0.3, -0.25) is 0 Å². The molecule has 0 spiro atoms. The summed E-state index contributed by atoms with van der Waals surface area (Å²) in [6.07, 6.45) is 2.02. The maximum absolute atomic E-state index is 12.0. The third-order valence-corrected chi connectivity index (χ3v) is 5.31. The summed E-state index contributed by atoms with van der Waals surface area (Å²) in [7, 11) is -1.55. The van der Waals surface area contributed by atoms with Crippen molar-refractivity contribution in [2.45, 2.75) is 38.4 Å². The van der Waals surface area contributed by atoms with Crippen molar-refractivity contribution in [2.75, 3.05) is 0 Å². The number of carbonyl (C=O) groups is 1. The second-order valence-corrected chi connectivity index (χ2v) is 10.9. The molecule has 0 aromatic heterocycles. The Hall–Kier alpha value is -0.893. The molecule has 1 fully saturated rings. The molecule has 1 aliphatic rings. The lowest BCUT2D eigenvalue weighted by Crippen LogP contribution is -2.33. The maximum atomic E-state index is 12.0. The lowest BCUT2D eigenvalue weighted by Gasteiger charge is -2.13. The van der Waals surface area contributed by atoms with Gasteiger partial charge in [0.2, 0.25) is 0 Å². The van der Waals surface area contributed by atoms with E-state index in [1.807, 2.05) is 6.07 Å². The summed E-state index contributed by atoms with van der Waals surface area (Å²) in [6.45, 7) is 6.44. The molecule has 0 saturated heterocycles. The molecule has 1 aromatic rings. The Morgan fingerprint density at radius 3 is 2.44 bits per heavy atom. The van der Waals surface area contributed by atoms with Crippen LogP contribution in [0.5, 0.6) is 0 Å². The van der Waals surface area contributed by atoms with Crippen molar-refractivity contribution < 1.29 is 4.79 Å². The van der Waals surface area contributed by atoms with Crippen LogP contribution >= 0.6 is 0 Å². The average Bonchev–Trinajstić information content (AvgIpc) is 2.97. The quantitative estimate of drug-likeness (QED) is 0.725. The van der Waals surface area contributed by atoms with Gasteiger partial charge in [0.15, 0.2) is 0 Å². The van der Waals surface area contributed by atoms with E-state index in [4.69, 9.17) is 0 Å². The highest BCUT2D eigenvalue weighted by atomic mass is 28.3. The van der Waals surface area contributed by atoms with E-state index in [1.165, 1.54) is 12.0 Å². The fourth-order valence-electron chi connectivity index (χ4n) is 2.13. The lowest BCUT2D eigenvalue weighted by atomic mass is 10.1. The third kappa shape index (κ3) is 2.61. The smallest absolute Gasteiger partial charge is 0.123 e. The Bertz CT molecular complexity index is 377. The van der Waals surface area contributed by atoms with Gasteiger partial charge in [0, 0.05) is 6.42 Å². The molecule has 0 radical (unpaired) electrons. The summed E-state index contributed by atoms with van der Waals surface area (Å²) in [5.41, 5.74) is 1.41. The molecular weight excluding hydrogens is 212 g/mol. The van der Waals surface area contributed by atoms with E-state index in [2.05, 4.69) is 43.9 Å². The average molecular weight is 232 g/mol. The Labute approximate surface area is 98.9 Å². The number of hydrogen-bond acceptors (Lipinski definition) is 1. The van der Waals surface area contributed by atoms with Crippen molar-refractivity contribution in [3.8, 4) is 0 Å².